The number of carbonyl (C=O) groups excluding carboxylic acids is 1. The molecule has 210 valence electrons. The molecule has 2 atom stereocenters. The molecule has 0 spiro atoms. The van der Waals surface area contributed by atoms with Crippen LogP contribution >= 0.6 is 0 Å². The van der Waals surface area contributed by atoms with E-state index in [9.17, 15) is 18.3 Å². The molecule has 0 saturated heterocycles. The Balaban J connectivity index is 1.59. The smallest absolute Gasteiger partial charge is 0.243 e. The SMILES string of the molecule is CC(C)CN([C@H](CO)CCCNC(=O)[C@@H](N)Cc1ccccc1-c1ccccc1)S(=O)(=O)c1ccc(N)cc1. The number of aliphatic hydroxyl groups is 1. The minimum absolute atomic E-state index is 0.0547. The van der Waals surface area contributed by atoms with Gasteiger partial charge in [0.25, 0.3) is 0 Å². The van der Waals surface area contributed by atoms with E-state index >= 15 is 0 Å². The van der Waals surface area contributed by atoms with Crippen LogP contribution < -0.4 is 16.8 Å². The number of nitrogens with two attached hydrogens (primary N) is 2. The first-order chi connectivity index (χ1) is 18.6. The van der Waals surface area contributed by atoms with Crippen LogP contribution in [0.1, 0.15) is 32.3 Å². The zero-order valence-electron chi connectivity index (χ0n) is 22.7. The van der Waals surface area contributed by atoms with Crippen molar-refractivity contribution >= 4 is 21.6 Å². The van der Waals surface area contributed by atoms with Gasteiger partial charge in [0.2, 0.25) is 15.9 Å². The number of nitrogens with zero attached hydrogens (tertiary/aromatic N) is 1. The second kappa shape index (κ2) is 14.2. The summed E-state index contributed by atoms with van der Waals surface area (Å²) in [4.78, 5) is 12.9. The molecule has 3 aromatic rings. The molecule has 0 radical (unpaired) electrons. The summed E-state index contributed by atoms with van der Waals surface area (Å²) in [5.41, 5.74) is 15.5. The second-order valence-corrected chi connectivity index (χ2v) is 12.0. The molecule has 0 fully saturated rings. The first-order valence-electron chi connectivity index (χ1n) is 13.3. The van der Waals surface area contributed by atoms with Gasteiger partial charge in [0.05, 0.1) is 17.5 Å². The van der Waals surface area contributed by atoms with Crippen LogP contribution in [0.5, 0.6) is 0 Å². The maximum atomic E-state index is 13.4. The Morgan fingerprint density at radius 1 is 0.974 bits per heavy atom. The number of amides is 1. The number of hydrogen-bond donors (Lipinski definition) is 4. The molecule has 0 saturated carbocycles. The largest absolute Gasteiger partial charge is 0.399 e. The number of sulfonamides is 1. The highest BCUT2D eigenvalue weighted by Gasteiger charge is 2.31. The van der Waals surface area contributed by atoms with Gasteiger partial charge in [-0.15, -0.1) is 0 Å². The Hall–Kier alpha value is -3.24. The van der Waals surface area contributed by atoms with E-state index < -0.39 is 22.1 Å². The molecule has 39 heavy (non-hydrogen) atoms. The first-order valence-corrected chi connectivity index (χ1v) is 14.7. The lowest BCUT2D eigenvalue weighted by Crippen LogP contribution is -2.45. The molecule has 0 aliphatic rings. The van der Waals surface area contributed by atoms with Crippen LogP contribution in [0.15, 0.2) is 83.8 Å². The maximum Gasteiger partial charge on any atom is 0.243 e. The summed E-state index contributed by atoms with van der Waals surface area (Å²) in [7, 11) is -3.84. The summed E-state index contributed by atoms with van der Waals surface area (Å²) >= 11 is 0. The predicted octanol–water partition coefficient (Wildman–Crippen LogP) is 3.41. The molecular weight excluding hydrogens is 512 g/mol. The standard InChI is InChI=1S/C30H40N4O4S/c1-22(2)20-34(39(37,38)27-16-14-25(31)15-17-27)26(21-35)12-8-18-33-30(36)29(32)19-24-11-6-7-13-28(24)23-9-4-3-5-10-23/h3-7,9-11,13-17,22,26,29,35H,8,12,18-21,31-32H2,1-2H3,(H,33,36)/t26-,29-/m0/s1. The Morgan fingerprint density at radius 3 is 2.26 bits per heavy atom. The van der Waals surface area contributed by atoms with Crippen molar-refractivity contribution in [2.45, 2.75) is 50.1 Å². The van der Waals surface area contributed by atoms with Crippen molar-refractivity contribution < 1.29 is 18.3 Å². The number of rotatable bonds is 14. The highest BCUT2D eigenvalue weighted by molar-refractivity contribution is 7.89. The monoisotopic (exact) mass is 552 g/mol. The average molecular weight is 553 g/mol. The van der Waals surface area contributed by atoms with Crippen molar-refractivity contribution in [1.82, 2.24) is 9.62 Å². The summed E-state index contributed by atoms with van der Waals surface area (Å²) < 4.78 is 28.2. The van der Waals surface area contributed by atoms with Gasteiger partial charge in [-0.1, -0.05) is 68.4 Å². The van der Waals surface area contributed by atoms with E-state index in [0.717, 1.165) is 16.7 Å². The molecular formula is C30H40N4O4S. The van der Waals surface area contributed by atoms with Crippen LogP contribution in [0.25, 0.3) is 11.1 Å². The van der Waals surface area contributed by atoms with E-state index in [2.05, 4.69) is 5.32 Å². The van der Waals surface area contributed by atoms with Gasteiger partial charge in [-0.05, 0) is 66.1 Å². The minimum Gasteiger partial charge on any atom is -0.399 e. The number of benzene rings is 3. The fraction of sp³-hybridized carbons (Fsp3) is 0.367. The summed E-state index contributed by atoms with van der Waals surface area (Å²) in [5, 5.41) is 13.0. The first kappa shape index (κ1) is 30.3. The highest BCUT2D eigenvalue weighted by atomic mass is 32.2. The lowest BCUT2D eigenvalue weighted by Gasteiger charge is -2.31. The second-order valence-electron chi connectivity index (χ2n) is 10.1. The van der Waals surface area contributed by atoms with E-state index in [4.69, 9.17) is 11.5 Å². The van der Waals surface area contributed by atoms with Gasteiger partial charge >= 0.3 is 0 Å². The third kappa shape index (κ3) is 8.37. The van der Waals surface area contributed by atoms with Gasteiger partial charge < -0.3 is 21.9 Å². The van der Waals surface area contributed by atoms with Crippen molar-refractivity contribution in [2.75, 3.05) is 25.4 Å². The average Bonchev–Trinajstić information content (AvgIpc) is 2.93. The molecule has 3 rings (SSSR count). The molecule has 0 aliphatic heterocycles. The number of nitrogen functional groups attached to an aromatic ring is 1. The molecule has 0 aromatic heterocycles. The van der Waals surface area contributed by atoms with Crippen molar-refractivity contribution in [1.29, 1.82) is 0 Å². The molecule has 0 heterocycles. The molecule has 1 amide bonds. The van der Waals surface area contributed by atoms with Crippen molar-refractivity contribution in [3.8, 4) is 11.1 Å². The van der Waals surface area contributed by atoms with Crippen LogP contribution in [-0.4, -0.2) is 55.5 Å². The van der Waals surface area contributed by atoms with Gasteiger partial charge in [-0.25, -0.2) is 8.42 Å². The zero-order chi connectivity index (χ0) is 28.4. The van der Waals surface area contributed by atoms with E-state index in [1.165, 1.54) is 16.4 Å². The van der Waals surface area contributed by atoms with Crippen LogP contribution in [0.3, 0.4) is 0 Å². The van der Waals surface area contributed by atoms with E-state index in [1.807, 2.05) is 68.4 Å². The molecule has 6 N–H and O–H groups in total. The van der Waals surface area contributed by atoms with Gasteiger partial charge in [0.15, 0.2) is 0 Å². The summed E-state index contributed by atoms with van der Waals surface area (Å²) in [5.74, 6) is -0.217. The minimum atomic E-state index is -3.84. The van der Waals surface area contributed by atoms with E-state index in [0.29, 0.717) is 31.5 Å². The maximum absolute atomic E-state index is 13.4. The van der Waals surface area contributed by atoms with Crippen molar-refractivity contribution in [3.63, 3.8) is 0 Å². The van der Waals surface area contributed by atoms with Crippen LogP contribution in [0.4, 0.5) is 5.69 Å². The molecule has 3 aromatic carbocycles. The zero-order valence-corrected chi connectivity index (χ0v) is 23.5. The Morgan fingerprint density at radius 2 is 1.62 bits per heavy atom. The summed E-state index contributed by atoms with van der Waals surface area (Å²) in [6.45, 7) is 4.11. The quantitative estimate of drug-likeness (QED) is 0.179. The highest BCUT2D eigenvalue weighted by Crippen LogP contribution is 2.25. The normalized spacial score (nSPS) is 13.4. The number of anilines is 1. The summed E-state index contributed by atoms with van der Waals surface area (Å²) in [6, 6.07) is 22.5. The lowest BCUT2D eigenvalue weighted by molar-refractivity contribution is -0.122. The molecule has 8 nitrogen and oxygen atoms in total. The molecule has 0 unspecified atom stereocenters. The van der Waals surface area contributed by atoms with Crippen molar-refractivity contribution in [2.24, 2.45) is 11.7 Å². The third-order valence-corrected chi connectivity index (χ3v) is 8.47. The fourth-order valence-electron chi connectivity index (χ4n) is 4.51. The molecule has 0 bridgehead atoms. The van der Waals surface area contributed by atoms with Crippen LogP contribution in [-0.2, 0) is 21.2 Å². The van der Waals surface area contributed by atoms with Gasteiger partial charge in [-0.3, -0.25) is 4.79 Å². The number of carbonyl (C=O) groups is 1. The lowest BCUT2D eigenvalue weighted by atomic mass is 9.95. The predicted molar refractivity (Wildman–Crippen MR) is 156 cm³/mol. The Kier molecular flexibility index (Phi) is 11.1. The number of hydrogen-bond acceptors (Lipinski definition) is 6. The molecule has 0 aliphatic carbocycles. The van der Waals surface area contributed by atoms with Crippen molar-refractivity contribution in [3.05, 3.63) is 84.4 Å². The summed E-state index contributed by atoms with van der Waals surface area (Å²) in [6.07, 6.45) is 1.25. The molecule has 9 heteroatoms. The van der Waals surface area contributed by atoms with E-state index in [-0.39, 0.29) is 29.9 Å². The number of nitrogens with one attached hydrogen (secondary N) is 1. The van der Waals surface area contributed by atoms with Gasteiger partial charge in [-0.2, -0.15) is 4.31 Å². The Labute approximate surface area is 232 Å². The van der Waals surface area contributed by atoms with Gasteiger partial charge in [0.1, 0.15) is 0 Å². The van der Waals surface area contributed by atoms with Crippen LogP contribution in [0.2, 0.25) is 0 Å². The topological polar surface area (TPSA) is 139 Å². The van der Waals surface area contributed by atoms with Gasteiger partial charge in [0, 0.05) is 24.8 Å². The van der Waals surface area contributed by atoms with Crippen LogP contribution in [0, 0.1) is 5.92 Å². The fourth-order valence-corrected chi connectivity index (χ4v) is 6.32. The number of aliphatic hydroxyl groups excluding tert-OH is 1. The Bertz CT molecular complexity index is 1300. The van der Waals surface area contributed by atoms with E-state index in [1.54, 1.807) is 12.1 Å². The third-order valence-electron chi connectivity index (χ3n) is 6.54.